The van der Waals surface area contributed by atoms with Crippen LogP contribution >= 0.6 is 0 Å². The van der Waals surface area contributed by atoms with Crippen LogP contribution < -0.4 is 10.2 Å². The van der Waals surface area contributed by atoms with Gasteiger partial charge in [-0.1, -0.05) is 0 Å². The molecule has 2 aromatic rings. The summed E-state index contributed by atoms with van der Waals surface area (Å²) < 4.78 is 2.08. The molecule has 0 bridgehead atoms. The second-order valence-electron chi connectivity index (χ2n) is 4.67. The first kappa shape index (κ1) is 12.5. The number of rotatable bonds is 4. The molecule has 0 amide bonds. The van der Waals surface area contributed by atoms with Crippen molar-refractivity contribution in [3.8, 4) is 0 Å². The van der Waals surface area contributed by atoms with Crippen LogP contribution in [-0.2, 0) is 13.6 Å². The van der Waals surface area contributed by atoms with Crippen LogP contribution in [-0.4, -0.2) is 33.8 Å². The molecule has 2 N–H and O–H groups in total. The first-order valence-electron chi connectivity index (χ1n) is 5.94. The molecule has 0 saturated carbocycles. The van der Waals surface area contributed by atoms with Crippen LogP contribution in [0.1, 0.15) is 17.1 Å². The van der Waals surface area contributed by atoms with E-state index in [9.17, 15) is 0 Å². The van der Waals surface area contributed by atoms with E-state index in [0.717, 1.165) is 35.3 Å². The highest BCUT2D eigenvalue weighted by atomic mass is 15.3. The molecule has 0 saturated heterocycles. The first-order valence-corrected chi connectivity index (χ1v) is 5.94. The molecule has 98 valence electrons. The number of aromatic nitrogens is 4. The molecule has 0 aromatic carbocycles. The van der Waals surface area contributed by atoms with Gasteiger partial charge in [-0.25, -0.2) is 4.98 Å². The summed E-state index contributed by atoms with van der Waals surface area (Å²) in [6, 6.07) is 0. The summed E-state index contributed by atoms with van der Waals surface area (Å²) in [5.41, 5.74) is 4.26. The van der Waals surface area contributed by atoms with Gasteiger partial charge in [-0.15, -0.1) is 0 Å². The van der Waals surface area contributed by atoms with Gasteiger partial charge in [0.2, 0.25) is 5.95 Å². The minimum Gasteiger partial charge on any atom is -0.376 e. The van der Waals surface area contributed by atoms with Gasteiger partial charge in [0.05, 0.1) is 35.5 Å². The zero-order chi connectivity index (χ0) is 13.3. The maximum Gasteiger partial charge on any atom is 0.204 e. The van der Waals surface area contributed by atoms with Crippen LogP contribution in [0.25, 0.3) is 0 Å². The number of nitrogens with one attached hydrogen (secondary N) is 2. The Kier molecular flexibility index (Phi) is 3.27. The van der Waals surface area contributed by atoms with Crippen molar-refractivity contribution in [1.82, 2.24) is 19.7 Å². The van der Waals surface area contributed by atoms with Crippen molar-refractivity contribution in [2.75, 3.05) is 24.3 Å². The van der Waals surface area contributed by atoms with Crippen molar-refractivity contribution in [2.45, 2.75) is 20.4 Å². The molecule has 0 radical (unpaired) electrons. The molecule has 2 rings (SSSR count). The molecule has 6 nitrogen and oxygen atoms in total. The highest BCUT2D eigenvalue weighted by Gasteiger charge is 2.10. The number of imidazole rings is 1. The van der Waals surface area contributed by atoms with Crippen molar-refractivity contribution in [2.24, 2.45) is 7.05 Å². The maximum absolute atomic E-state index is 4.39. The fourth-order valence-corrected chi connectivity index (χ4v) is 2.00. The Hall–Kier alpha value is -1.98. The van der Waals surface area contributed by atoms with E-state index < -0.39 is 0 Å². The third kappa shape index (κ3) is 2.18. The minimum atomic E-state index is 0.735. The van der Waals surface area contributed by atoms with Gasteiger partial charge in [0, 0.05) is 21.1 Å². The number of aromatic amines is 1. The first-order chi connectivity index (χ1) is 8.50. The van der Waals surface area contributed by atoms with Gasteiger partial charge in [-0.05, 0) is 13.8 Å². The second kappa shape index (κ2) is 4.72. The Morgan fingerprint density at radius 2 is 2.11 bits per heavy atom. The molecule has 0 spiro atoms. The molecule has 0 aliphatic carbocycles. The highest BCUT2D eigenvalue weighted by Crippen LogP contribution is 2.18. The zero-order valence-corrected chi connectivity index (χ0v) is 11.6. The Morgan fingerprint density at radius 3 is 2.61 bits per heavy atom. The quantitative estimate of drug-likeness (QED) is 0.859. The van der Waals surface area contributed by atoms with Gasteiger partial charge in [-0.3, -0.25) is 5.10 Å². The van der Waals surface area contributed by atoms with Gasteiger partial charge in [0.25, 0.3) is 0 Å². The van der Waals surface area contributed by atoms with Crippen LogP contribution in [0.2, 0.25) is 0 Å². The molecular weight excluding hydrogens is 228 g/mol. The summed E-state index contributed by atoms with van der Waals surface area (Å²) in [5.74, 6) is 0.951. The average molecular weight is 248 g/mol. The number of hydrogen-bond donors (Lipinski definition) is 2. The Labute approximate surface area is 107 Å². The predicted molar refractivity (Wildman–Crippen MR) is 72.9 cm³/mol. The Morgan fingerprint density at radius 1 is 1.39 bits per heavy atom. The molecule has 6 heteroatoms. The van der Waals surface area contributed by atoms with Crippen LogP contribution in [0.3, 0.4) is 0 Å². The van der Waals surface area contributed by atoms with E-state index in [1.165, 1.54) is 0 Å². The van der Waals surface area contributed by atoms with E-state index in [-0.39, 0.29) is 0 Å². The second-order valence-corrected chi connectivity index (χ2v) is 4.67. The van der Waals surface area contributed by atoms with Crippen molar-refractivity contribution in [3.05, 3.63) is 23.3 Å². The number of aryl methyl sites for hydroxylation is 2. The van der Waals surface area contributed by atoms with Gasteiger partial charge in [0.1, 0.15) is 0 Å². The highest BCUT2D eigenvalue weighted by molar-refractivity contribution is 5.51. The van der Waals surface area contributed by atoms with E-state index in [2.05, 4.69) is 25.1 Å². The lowest BCUT2D eigenvalue weighted by atomic mass is 10.3. The third-order valence-corrected chi connectivity index (χ3v) is 3.03. The molecule has 0 unspecified atom stereocenters. The van der Waals surface area contributed by atoms with Crippen molar-refractivity contribution < 1.29 is 0 Å². The number of anilines is 2. The lowest BCUT2D eigenvalue weighted by Gasteiger charge is -2.13. The fraction of sp³-hybridized carbons (Fsp3) is 0.500. The molecule has 18 heavy (non-hydrogen) atoms. The average Bonchev–Trinajstić information content (AvgIpc) is 2.82. The van der Waals surface area contributed by atoms with Crippen LogP contribution in [0.4, 0.5) is 11.6 Å². The Balaban J connectivity index is 2.12. The standard InChI is InChI=1S/C12H20N6/c1-8-11(9(2)16-15-8)13-6-10-7-14-12(17(3)4)18(10)5/h7,13H,6H2,1-5H3,(H,15,16). The van der Waals surface area contributed by atoms with Gasteiger partial charge in [0.15, 0.2) is 0 Å². The van der Waals surface area contributed by atoms with Crippen molar-refractivity contribution in [1.29, 1.82) is 0 Å². The molecular formula is C12H20N6. The minimum absolute atomic E-state index is 0.735. The SMILES string of the molecule is Cc1n[nH]c(C)c1NCc1cnc(N(C)C)n1C. The van der Waals surface area contributed by atoms with E-state index >= 15 is 0 Å². The molecule has 0 aliphatic heterocycles. The summed E-state index contributed by atoms with van der Waals surface area (Å²) in [6.45, 7) is 4.73. The van der Waals surface area contributed by atoms with Crippen molar-refractivity contribution in [3.63, 3.8) is 0 Å². The number of nitrogens with zero attached hydrogens (tertiary/aromatic N) is 4. The number of hydrogen-bond acceptors (Lipinski definition) is 4. The van der Waals surface area contributed by atoms with Crippen molar-refractivity contribution >= 4 is 11.6 Å². The van der Waals surface area contributed by atoms with Gasteiger partial charge >= 0.3 is 0 Å². The molecule has 2 heterocycles. The monoisotopic (exact) mass is 248 g/mol. The van der Waals surface area contributed by atoms with E-state index in [1.807, 2.05) is 46.1 Å². The third-order valence-electron chi connectivity index (χ3n) is 3.03. The summed E-state index contributed by atoms with van der Waals surface area (Å²) in [6.07, 6.45) is 1.90. The van der Waals surface area contributed by atoms with Crippen LogP contribution in [0.5, 0.6) is 0 Å². The predicted octanol–water partition coefficient (Wildman–Crippen LogP) is 1.44. The van der Waals surface area contributed by atoms with Gasteiger partial charge < -0.3 is 14.8 Å². The van der Waals surface area contributed by atoms with Gasteiger partial charge in [-0.2, -0.15) is 5.10 Å². The summed E-state index contributed by atoms with van der Waals surface area (Å²) >= 11 is 0. The van der Waals surface area contributed by atoms with Crippen LogP contribution in [0, 0.1) is 13.8 Å². The topological polar surface area (TPSA) is 61.8 Å². The lowest BCUT2D eigenvalue weighted by molar-refractivity contribution is 0.813. The lowest BCUT2D eigenvalue weighted by Crippen LogP contribution is -2.15. The van der Waals surface area contributed by atoms with E-state index in [0.29, 0.717) is 0 Å². The summed E-state index contributed by atoms with van der Waals surface area (Å²) in [5, 5.41) is 10.5. The Bertz CT molecular complexity index is 517. The maximum atomic E-state index is 4.39. The smallest absolute Gasteiger partial charge is 0.204 e. The molecule has 0 fully saturated rings. The zero-order valence-electron chi connectivity index (χ0n) is 11.6. The largest absolute Gasteiger partial charge is 0.376 e. The molecule has 0 aliphatic rings. The van der Waals surface area contributed by atoms with Crippen LogP contribution in [0.15, 0.2) is 6.20 Å². The fourth-order valence-electron chi connectivity index (χ4n) is 2.00. The molecule has 0 atom stereocenters. The summed E-state index contributed by atoms with van der Waals surface area (Å²) in [4.78, 5) is 6.38. The number of H-pyrrole nitrogens is 1. The molecule has 2 aromatic heterocycles. The normalized spacial score (nSPS) is 10.7. The van der Waals surface area contributed by atoms with E-state index in [1.54, 1.807) is 0 Å². The summed E-state index contributed by atoms with van der Waals surface area (Å²) in [7, 11) is 6.00. The van der Waals surface area contributed by atoms with E-state index in [4.69, 9.17) is 0 Å².